The first kappa shape index (κ1) is 33.7. The molecule has 50 heavy (non-hydrogen) atoms. The molecule has 276 valence electrons. The van der Waals surface area contributed by atoms with Crippen molar-refractivity contribution in [2.24, 2.45) is 70.0 Å². The molecule has 12 bridgehead atoms. The summed E-state index contributed by atoms with van der Waals surface area (Å²) in [4.78, 5) is 56.7. The third kappa shape index (κ3) is 5.31. The van der Waals surface area contributed by atoms with Gasteiger partial charge in [-0.1, -0.05) is 0 Å². The van der Waals surface area contributed by atoms with Crippen molar-refractivity contribution in [1.29, 1.82) is 0 Å². The summed E-state index contributed by atoms with van der Waals surface area (Å²) in [5.74, 6) is 3.12. The van der Waals surface area contributed by atoms with Crippen molar-refractivity contribution in [2.45, 2.75) is 167 Å². The lowest BCUT2D eigenvalue weighted by atomic mass is 9.44. The first-order chi connectivity index (χ1) is 23.8. The minimum Gasteiger partial charge on any atom is -0.463 e. The van der Waals surface area contributed by atoms with E-state index in [4.69, 9.17) is 18.9 Å². The molecule has 8 nitrogen and oxygen atoms in total. The van der Waals surface area contributed by atoms with Crippen molar-refractivity contribution < 1.29 is 38.1 Å². The first-order valence-electron chi connectivity index (χ1n) is 20.6. The lowest BCUT2D eigenvalue weighted by Crippen LogP contribution is -2.65. The number of esters is 4. The zero-order valence-corrected chi connectivity index (χ0v) is 30.9. The zero-order chi connectivity index (χ0) is 34.8. The molecule has 0 amide bonds. The summed E-state index contributed by atoms with van der Waals surface area (Å²) in [7, 11) is 0. The molecule has 0 aliphatic heterocycles. The van der Waals surface area contributed by atoms with Crippen LogP contribution in [-0.4, -0.2) is 47.3 Å². The summed E-state index contributed by atoms with van der Waals surface area (Å²) in [5.41, 5.74) is -3.09. The highest BCUT2D eigenvalue weighted by Gasteiger charge is 2.69. The fourth-order valence-corrected chi connectivity index (χ4v) is 15.3. The number of hydrogen-bond acceptors (Lipinski definition) is 8. The molecule has 0 aromatic rings. The van der Waals surface area contributed by atoms with Crippen LogP contribution in [0.1, 0.15) is 143 Å². The van der Waals surface area contributed by atoms with E-state index in [9.17, 15) is 19.2 Å². The molecule has 0 radical (unpaired) electrons. The molecule has 0 saturated heterocycles. The van der Waals surface area contributed by atoms with Gasteiger partial charge in [-0.3, -0.25) is 19.2 Å². The lowest BCUT2D eigenvalue weighted by molar-refractivity contribution is -0.244. The Morgan fingerprint density at radius 3 is 1.08 bits per heavy atom. The van der Waals surface area contributed by atoms with Gasteiger partial charge < -0.3 is 18.9 Å². The minimum atomic E-state index is -0.811. The second kappa shape index (κ2) is 11.7. The molecular weight excluding hydrogens is 632 g/mol. The smallest absolute Gasteiger partial charge is 0.312 e. The van der Waals surface area contributed by atoms with E-state index in [1.165, 1.54) is 12.8 Å². The van der Waals surface area contributed by atoms with Crippen molar-refractivity contribution in [2.75, 3.05) is 0 Å². The van der Waals surface area contributed by atoms with Crippen molar-refractivity contribution in [3.05, 3.63) is 0 Å². The average molecular weight is 693 g/mol. The molecule has 0 aromatic heterocycles. The Balaban J connectivity index is 1.00. The summed E-state index contributed by atoms with van der Waals surface area (Å²) in [6, 6.07) is 0. The molecule has 0 N–H and O–H groups in total. The fourth-order valence-electron chi connectivity index (χ4n) is 15.3. The van der Waals surface area contributed by atoms with Gasteiger partial charge in [-0.05, 0) is 166 Å². The Bertz CT molecular complexity index is 1250. The molecule has 0 aromatic carbocycles. The highest BCUT2D eigenvalue weighted by atomic mass is 16.6. The van der Waals surface area contributed by atoms with Crippen LogP contribution in [0.2, 0.25) is 0 Å². The number of rotatable bonds is 10. The molecule has 12 rings (SSSR count). The summed E-state index contributed by atoms with van der Waals surface area (Å²) in [6.07, 6.45) is 15.1. The minimum absolute atomic E-state index is 0.140. The second-order valence-corrected chi connectivity index (χ2v) is 20.3. The van der Waals surface area contributed by atoms with Crippen LogP contribution in [0, 0.1) is 70.0 Å². The number of ether oxygens (including phenoxy) is 4. The van der Waals surface area contributed by atoms with Gasteiger partial charge in [-0.15, -0.1) is 0 Å². The van der Waals surface area contributed by atoms with Gasteiger partial charge in [0.1, 0.15) is 11.2 Å². The van der Waals surface area contributed by atoms with Gasteiger partial charge in [-0.2, -0.15) is 0 Å². The van der Waals surface area contributed by atoms with Crippen LogP contribution in [0.5, 0.6) is 0 Å². The van der Waals surface area contributed by atoms with E-state index in [1.807, 2.05) is 27.7 Å². The monoisotopic (exact) mass is 692 g/mol. The summed E-state index contributed by atoms with van der Waals surface area (Å²) >= 11 is 0. The molecule has 8 heteroatoms. The van der Waals surface area contributed by atoms with Crippen LogP contribution in [-0.2, 0) is 38.1 Å². The van der Waals surface area contributed by atoms with Crippen LogP contribution >= 0.6 is 0 Å². The Hall–Kier alpha value is -2.12. The third-order valence-electron chi connectivity index (χ3n) is 16.1. The molecule has 0 heterocycles. The van der Waals surface area contributed by atoms with Crippen LogP contribution < -0.4 is 0 Å². The maximum atomic E-state index is 15.0. The molecule has 12 fully saturated rings. The lowest BCUT2D eigenvalue weighted by Gasteiger charge is -2.63. The molecule has 0 spiro atoms. The Morgan fingerprint density at radius 2 is 0.780 bits per heavy atom. The highest BCUT2D eigenvalue weighted by Crippen LogP contribution is 2.69. The third-order valence-corrected chi connectivity index (χ3v) is 16.1. The average Bonchev–Trinajstić information content (AvgIpc) is 3.00. The van der Waals surface area contributed by atoms with E-state index in [2.05, 4.69) is 0 Å². The van der Waals surface area contributed by atoms with E-state index >= 15 is 0 Å². The summed E-state index contributed by atoms with van der Waals surface area (Å²) < 4.78 is 25.3. The topological polar surface area (TPSA) is 105 Å². The van der Waals surface area contributed by atoms with Crippen LogP contribution in [0.15, 0.2) is 0 Å². The number of carbonyl (C=O) groups is 4. The van der Waals surface area contributed by atoms with Gasteiger partial charge in [0.25, 0.3) is 0 Å². The van der Waals surface area contributed by atoms with E-state index in [1.54, 1.807) is 0 Å². The van der Waals surface area contributed by atoms with Gasteiger partial charge in [0.15, 0.2) is 0 Å². The van der Waals surface area contributed by atoms with Gasteiger partial charge in [-0.25, -0.2) is 0 Å². The molecule has 0 unspecified atom stereocenters. The molecule has 12 aliphatic rings. The number of carbonyl (C=O) groups excluding carboxylic acids is 4. The van der Waals surface area contributed by atoms with Crippen molar-refractivity contribution in [3.63, 3.8) is 0 Å². The predicted octanol–water partition coefficient (Wildman–Crippen LogP) is 7.73. The highest BCUT2D eigenvalue weighted by molar-refractivity contribution is 5.84. The normalized spacial score (nSPS) is 48.7. The molecular formula is C42H60O8. The second-order valence-electron chi connectivity index (χ2n) is 20.3. The Morgan fingerprint density at radius 1 is 0.480 bits per heavy atom. The fraction of sp³-hybridized carbons (Fsp3) is 0.905. The molecule has 12 saturated carbocycles. The SMILES string of the molecule is CC(C)OC(=O)CC1(OC(=O)C23CC4CC(C2)CC(C(=O)OC2(CC(=O)OC(C)C)C5CC6CC(C5)CC2C6)(C4)C3)C2CC3CC(C2)CC1C3. The van der Waals surface area contributed by atoms with Crippen LogP contribution in [0.25, 0.3) is 0 Å². The maximum Gasteiger partial charge on any atom is 0.312 e. The van der Waals surface area contributed by atoms with Crippen molar-refractivity contribution >= 4 is 23.9 Å². The van der Waals surface area contributed by atoms with Crippen LogP contribution in [0.3, 0.4) is 0 Å². The van der Waals surface area contributed by atoms with E-state index in [0.29, 0.717) is 30.1 Å². The van der Waals surface area contributed by atoms with Gasteiger partial charge in [0, 0.05) is 23.7 Å². The van der Waals surface area contributed by atoms with Crippen LogP contribution in [0.4, 0.5) is 0 Å². The van der Waals surface area contributed by atoms with E-state index in [0.717, 1.165) is 83.5 Å². The maximum absolute atomic E-state index is 15.0. The summed E-state index contributed by atoms with van der Waals surface area (Å²) in [5, 5.41) is 0. The largest absolute Gasteiger partial charge is 0.463 e. The zero-order valence-electron chi connectivity index (χ0n) is 30.9. The Kier molecular flexibility index (Phi) is 7.88. The predicted molar refractivity (Wildman–Crippen MR) is 183 cm³/mol. The van der Waals surface area contributed by atoms with E-state index in [-0.39, 0.29) is 84.4 Å². The van der Waals surface area contributed by atoms with Gasteiger partial charge in [0.2, 0.25) is 0 Å². The standard InChI is InChI=1S/C42H60O8/c1-23(2)47-35(43)20-41(31-8-25-5-26(10-31)11-32(41)9-25)49-37(45)39-16-29-7-30(17-39)19-40(18-29,22-39)38(46)50-42(21-36(44)48-24(3)4)33-12-27-6-28(14-33)15-34(42)13-27/h23-34H,5-22H2,1-4H3. The first-order valence-corrected chi connectivity index (χ1v) is 20.6. The number of hydrogen-bond donors (Lipinski definition) is 0. The van der Waals surface area contributed by atoms with Gasteiger partial charge in [0.05, 0.1) is 35.9 Å². The van der Waals surface area contributed by atoms with Gasteiger partial charge >= 0.3 is 23.9 Å². The summed E-state index contributed by atoms with van der Waals surface area (Å²) in [6.45, 7) is 7.51. The van der Waals surface area contributed by atoms with E-state index < -0.39 is 22.0 Å². The molecule has 0 atom stereocenters. The Labute approximate surface area is 298 Å². The van der Waals surface area contributed by atoms with Crippen molar-refractivity contribution in [1.82, 2.24) is 0 Å². The quantitative estimate of drug-likeness (QED) is 0.169. The van der Waals surface area contributed by atoms with Crippen molar-refractivity contribution in [3.8, 4) is 0 Å². The molecule has 12 aliphatic carbocycles.